The third-order valence-electron chi connectivity index (χ3n) is 3.59. The molecule has 0 saturated heterocycles. The molecule has 8 heteroatoms. The Hall–Kier alpha value is -2.25. The van der Waals surface area contributed by atoms with Gasteiger partial charge in [-0.05, 0) is 22.7 Å². The van der Waals surface area contributed by atoms with Gasteiger partial charge in [0.15, 0.2) is 0 Å². The minimum atomic E-state index is -0.611. The fraction of sp³-hybridized carbons (Fsp3) is 0.545. The average molecular weight is 263 g/mol. The van der Waals surface area contributed by atoms with Crippen molar-refractivity contribution in [2.75, 3.05) is 0 Å². The van der Waals surface area contributed by atoms with Gasteiger partial charge in [0.2, 0.25) is 0 Å². The number of fused-ring (bicyclic) bond motifs is 1. The van der Waals surface area contributed by atoms with E-state index in [9.17, 15) is 15.3 Å². The molecule has 1 aliphatic carbocycles. The van der Waals surface area contributed by atoms with Crippen LogP contribution >= 0.6 is 0 Å². The molecule has 8 nitrogen and oxygen atoms in total. The molecule has 0 amide bonds. The van der Waals surface area contributed by atoms with Crippen LogP contribution in [0.4, 0.5) is 5.82 Å². The highest BCUT2D eigenvalue weighted by atomic mass is 16.6. The van der Waals surface area contributed by atoms with Crippen molar-refractivity contribution in [2.24, 2.45) is 0 Å². The molecule has 0 bridgehead atoms. The van der Waals surface area contributed by atoms with Gasteiger partial charge < -0.3 is 15.3 Å². The lowest BCUT2D eigenvalue weighted by molar-refractivity contribution is -0.749. The summed E-state index contributed by atoms with van der Waals surface area (Å²) in [5.41, 5.74) is 0.552. The molecule has 0 radical (unpaired) electrons. The summed E-state index contributed by atoms with van der Waals surface area (Å²) in [6, 6.07) is 1.68. The molecular weight excluding hydrogens is 250 g/mol. The van der Waals surface area contributed by atoms with Crippen molar-refractivity contribution >= 4 is 16.9 Å². The van der Waals surface area contributed by atoms with E-state index in [-0.39, 0.29) is 17.4 Å². The van der Waals surface area contributed by atoms with E-state index in [1.54, 1.807) is 6.07 Å². The smallest absolute Gasteiger partial charge is 0.398 e. The molecule has 2 aromatic rings. The Morgan fingerprint density at radius 3 is 2.79 bits per heavy atom. The zero-order chi connectivity index (χ0) is 13.4. The number of nitrogens with zero attached hydrogens (tertiary/aromatic N) is 5. The van der Waals surface area contributed by atoms with Crippen LogP contribution in [0.3, 0.4) is 0 Å². The standard InChI is InChI=1S/C11H13N5O3/c17-15(18)11-10-9(6-7-12-11)14(16(19)13-10)8-4-2-1-3-5-8/h6-8H,1-5H2. The minimum absolute atomic E-state index is 0.0630. The van der Waals surface area contributed by atoms with Gasteiger partial charge >= 0.3 is 5.82 Å². The van der Waals surface area contributed by atoms with Crippen molar-refractivity contribution in [2.45, 2.75) is 38.1 Å². The molecule has 0 N–H and O–H groups in total. The Morgan fingerprint density at radius 1 is 1.37 bits per heavy atom. The maximum atomic E-state index is 11.9. The summed E-state index contributed by atoms with van der Waals surface area (Å²) >= 11 is 0. The zero-order valence-corrected chi connectivity index (χ0v) is 10.2. The van der Waals surface area contributed by atoms with Gasteiger partial charge in [-0.25, -0.2) is 0 Å². The van der Waals surface area contributed by atoms with Crippen LogP contribution in [0.5, 0.6) is 0 Å². The molecule has 1 aliphatic rings. The van der Waals surface area contributed by atoms with Crippen molar-refractivity contribution < 1.29 is 9.88 Å². The number of hydrogen-bond donors (Lipinski definition) is 0. The Labute approximate surface area is 108 Å². The average Bonchev–Trinajstić information content (AvgIpc) is 2.75. The summed E-state index contributed by atoms with van der Waals surface area (Å²) in [5, 5.41) is 26.6. The molecule has 0 atom stereocenters. The van der Waals surface area contributed by atoms with Gasteiger partial charge in [0.1, 0.15) is 11.7 Å². The van der Waals surface area contributed by atoms with Gasteiger partial charge in [-0.2, -0.15) is 0 Å². The molecular formula is C11H13N5O3. The second-order valence-corrected chi connectivity index (χ2v) is 4.75. The number of nitro groups is 1. The van der Waals surface area contributed by atoms with E-state index in [2.05, 4.69) is 10.1 Å². The quantitative estimate of drug-likeness (QED) is 0.353. The molecule has 19 heavy (non-hydrogen) atoms. The Bertz CT molecular complexity index is 633. The highest BCUT2D eigenvalue weighted by Crippen LogP contribution is 2.30. The van der Waals surface area contributed by atoms with Gasteiger partial charge in [0.25, 0.3) is 5.52 Å². The molecule has 0 spiro atoms. The van der Waals surface area contributed by atoms with Gasteiger partial charge in [0, 0.05) is 11.0 Å². The van der Waals surface area contributed by atoms with E-state index in [1.165, 1.54) is 17.3 Å². The van der Waals surface area contributed by atoms with Crippen molar-refractivity contribution in [1.29, 1.82) is 0 Å². The highest BCUT2D eigenvalue weighted by molar-refractivity contribution is 5.80. The van der Waals surface area contributed by atoms with E-state index < -0.39 is 4.92 Å². The normalized spacial score (nSPS) is 16.8. The van der Waals surface area contributed by atoms with Crippen LogP contribution in [-0.2, 0) is 0 Å². The van der Waals surface area contributed by atoms with Crippen molar-refractivity contribution in [3.8, 4) is 0 Å². The number of hydrogen-bond acceptors (Lipinski definition) is 5. The molecule has 0 aromatic carbocycles. The Morgan fingerprint density at radius 2 is 2.11 bits per heavy atom. The lowest BCUT2D eigenvalue weighted by Gasteiger charge is -2.20. The van der Waals surface area contributed by atoms with E-state index in [0.717, 1.165) is 25.7 Å². The minimum Gasteiger partial charge on any atom is -0.571 e. The van der Waals surface area contributed by atoms with Gasteiger partial charge in [-0.3, -0.25) is 0 Å². The summed E-state index contributed by atoms with van der Waals surface area (Å²) in [5.74, 6) is -0.364. The first-order valence-corrected chi connectivity index (χ1v) is 6.30. The number of pyridine rings is 1. The molecule has 100 valence electrons. The van der Waals surface area contributed by atoms with E-state index in [0.29, 0.717) is 10.5 Å². The SMILES string of the molecule is O=[N+]([O-])c1nccc2c1n[n+]([O-])n2C1CCCCC1. The monoisotopic (exact) mass is 263 g/mol. The molecule has 0 aliphatic heterocycles. The first-order chi connectivity index (χ1) is 9.18. The van der Waals surface area contributed by atoms with E-state index in [1.807, 2.05) is 0 Å². The van der Waals surface area contributed by atoms with Gasteiger partial charge in [-0.15, -0.1) is 4.68 Å². The predicted octanol–water partition coefficient (Wildman–Crippen LogP) is 1.48. The zero-order valence-electron chi connectivity index (χ0n) is 10.2. The van der Waals surface area contributed by atoms with Crippen LogP contribution in [0.25, 0.3) is 11.0 Å². The Kier molecular flexibility index (Phi) is 2.77. The van der Waals surface area contributed by atoms with Crippen LogP contribution in [0.1, 0.15) is 38.1 Å². The molecule has 2 heterocycles. The number of aromatic nitrogens is 4. The fourth-order valence-electron chi connectivity index (χ4n) is 2.74. The van der Waals surface area contributed by atoms with Crippen LogP contribution in [0.15, 0.2) is 12.3 Å². The van der Waals surface area contributed by atoms with Gasteiger partial charge in [-0.1, -0.05) is 19.3 Å². The first-order valence-electron chi connectivity index (χ1n) is 6.30. The van der Waals surface area contributed by atoms with E-state index >= 15 is 0 Å². The summed E-state index contributed by atoms with van der Waals surface area (Å²) in [6.45, 7) is 0. The van der Waals surface area contributed by atoms with Gasteiger partial charge in [0.05, 0.1) is 11.1 Å². The highest BCUT2D eigenvalue weighted by Gasteiger charge is 2.29. The molecule has 1 fully saturated rings. The van der Waals surface area contributed by atoms with Crippen molar-refractivity contribution in [3.05, 3.63) is 27.6 Å². The lowest BCUT2D eigenvalue weighted by Crippen LogP contribution is -2.42. The number of rotatable bonds is 2. The third kappa shape index (κ3) is 1.88. The summed E-state index contributed by atoms with van der Waals surface area (Å²) in [7, 11) is 0. The fourth-order valence-corrected chi connectivity index (χ4v) is 2.74. The summed E-state index contributed by atoms with van der Waals surface area (Å²) in [6.07, 6.45) is 6.47. The third-order valence-corrected chi connectivity index (χ3v) is 3.59. The van der Waals surface area contributed by atoms with Crippen molar-refractivity contribution in [1.82, 2.24) is 14.8 Å². The predicted molar refractivity (Wildman–Crippen MR) is 65.3 cm³/mol. The molecule has 1 saturated carbocycles. The molecule has 0 unspecified atom stereocenters. The van der Waals surface area contributed by atoms with Crippen LogP contribution in [0, 0.1) is 15.3 Å². The maximum Gasteiger partial charge on any atom is 0.398 e. The maximum absolute atomic E-state index is 11.9. The summed E-state index contributed by atoms with van der Waals surface area (Å²) in [4.78, 5) is 14.4. The van der Waals surface area contributed by atoms with Crippen LogP contribution in [0.2, 0.25) is 0 Å². The molecule has 2 aromatic heterocycles. The van der Waals surface area contributed by atoms with E-state index in [4.69, 9.17) is 0 Å². The molecule has 3 rings (SSSR count). The second kappa shape index (κ2) is 4.45. The van der Waals surface area contributed by atoms with Crippen LogP contribution < -0.4 is 4.96 Å². The largest absolute Gasteiger partial charge is 0.571 e. The lowest BCUT2D eigenvalue weighted by atomic mass is 9.95. The topological polar surface area (TPSA) is 101 Å². The second-order valence-electron chi connectivity index (χ2n) is 4.75. The Balaban J connectivity index is 2.17. The first kappa shape index (κ1) is 11.8. The summed E-state index contributed by atoms with van der Waals surface area (Å²) < 4.78 is 1.52. The van der Waals surface area contributed by atoms with Crippen LogP contribution in [-0.4, -0.2) is 19.7 Å². The van der Waals surface area contributed by atoms with Crippen molar-refractivity contribution in [3.63, 3.8) is 0 Å².